The SMILES string of the molecule is CN(C)c1ccc(/C=C/[N+](=O)[O-])cc1.CN(C)c1ccc(C=O)cc1. The number of aldehydes is 1. The Morgan fingerprint density at radius 3 is 1.52 bits per heavy atom. The van der Waals surface area contributed by atoms with Gasteiger partial charge in [-0.1, -0.05) is 12.1 Å². The van der Waals surface area contributed by atoms with E-state index in [1.54, 1.807) is 0 Å². The van der Waals surface area contributed by atoms with E-state index in [1.165, 1.54) is 6.08 Å². The van der Waals surface area contributed by atoms with Crippen LogP contribution in [0.5, 0.6) is 0 Å². The molecule has 6 heteroatoms. The van der Waals surface area contributed by atoms with Gasteiger partial charge in [-0.25, -0.2) is 0 Å². The van der Waals surface area contributed by atoms with Crippen LogP contribution in [-0.2, 0) is 0 Å². The van der Waals surface area contributed by atoms with E-state index in [1.807, 2.05) is 86.5 Å². The normalized spacial score (nSPS) is 9.92. The van der Waals surface area contributed by atoms with Gasteiger partial charge in [0.25, 0.3) is 0 Å². The molecule has 0 saturated heterocycles. The van der Waals surface area contributed by atoms with Crippen molar-refractivity contribution in [3.05, 3.63) is 76.0 Å². The Kier molecular flexibility index (Phi) is 7.86. The topological polar surface area (TPSA) is 66.7 Å². The molecule has 25 heavy (non-hydrogen) atoms. The van der Waals surface area contributed by atoms with Crippen molar-refractivity contribution in [1.29, 1.82) is 0 Å². The van der Waals surface area contributed by atoms with Crippen LogP contribution in [0.2, 0.25) is 0 Å². The summed E-state index contributed by atoms with van der Waals surface area (Å²) < 4.78 is 0. The fourth-order valence-electron chi connectivity index (χ4n) is 1.88. The second-order valence-corrected chi connectivity index (χ2v) is 5.69. The molecule has 0 amide bonds. The maximum absolute atomic E-state index is 10.3. The van der Waals surface area contributed by atoms with Crippen LogP contribution in [0.4, 0.5) is 11.4 Å². The molecule has 0 aromatic heterocycles. The Balaban J connectivity index is 0.000000257. The van der Waals surface area contributed by atoms with Gasteiger partial charge < -0.3 is 9.80 Å². The zero-order valence-electron chi connectivity index (χ0n) is 14.9. The van der Waals surface area contributed by atoms with Crippen LogP contribution in [0.25, 0.3) is 6.08 Å². The quantitative estimate of drug-likeness (QED) is 0.472. The van der Waals surface area contributed by atoms with Gasteiger partial charge in [0.2, 0.25) is 6.20 Å². The maximum Gasteiger partial charge on any atom is 0.235 e. The molecule has 2 rings (SSSR count). The largest absolute Gasteiger partial charge is 0.378 e. The molecule has 0 saturated carbocycles. The molecule has 0 fully saturated rings. The molecule has 0 bridgehead atoms. The molecule has 0 aliphatic carbocycles. The van der Waals surface area contributed by atoms with Crippen LogP contribution in [0.15, 0.2) is 54.7 Å². The number of carbonyl (C=O) groups excluding carboxylic acids is 1. The van der Waals surface area contributed by atoms with Gasteiger partial charge in [0.05, 0.1) is 4.92 Å². The van der Waals surface area contributed by atoms with Gasteiger partial charge in [0, 0.05) is 51.2 Å². The van der Waals surface area contributed by atoms with Crippen LogP contribution < -0.4 is 9.80 Å². The Bertz CT molecular complexity index is 706. The molecule has 0 unspecified atom stereocenters. The number of hydrogen-bond donors (Lipinski definition) is 0. The van der Waals surface area contributed by atoms with Crippen LogP contribution >= 0.6 is 0 Å². The zero-order valence-corrected chi connectivity index (χ0v) is 14.9. The van der Waals surface area contributed by atoms with E-state index in [0.29, 0.717) is 0 Å². The summed E-state index contributed by atoms with van der Waals surface area (Å²) in [5, 5.41) is 10.1. The van der Waals surface area contributed by atoms with Gasteiger partial charge in [-0.05, 0) is 42.0 Å². The lowest BCUT2D eigenvalue weighted by atomic mass is 10.2. The summed E-state index contributed by atoms with van der Waals surface area (Å²) in [5.74, 6) is 0. The number of anilines is 2. The van der Waals surface area contributed by atoms with Crippen LogP contribution in [0.1, 0.15) is 15.9 Å². The van der Waals surface area contributed by atoms with Gasteiger partial charge in [-0.2, -0.15) is 0 Å². The van der Waals surface area contributed by atoms with E-state index in [0.717, 1.165) is 35.0 Å². The predicted octanol–water partition coefficient (Wildman–Crippen LogP) is 3.57. The lowest BCUT2D eigenvalue weighted by Crippen LogP contribution is -2.08. The molecule has 0 radical (unpaired) electrons. The molecule has 2 aromatic carbocycles. The second kappa shape index (κ2) is 9.87. The minimum Gasteiger partial charge on any atom is -0.378 e. The van der Waals surface area contributed by atoms with E-state index in [-0.39, 0.29) is 0 Å². The first kappa shape index (κ1) is 19.9. The van der Waals surface area contributed by atoms with Crippen LogP contribution in [-0.4, -0.2) is 39.4 Å². The lowest BCUT2D eigenvalue weighted by molar-refractivity contribution is -0.400. The van der Waals surface area contributed by atoms with E-state index in [9.17, 15) is 14.9 Å². The third-order valence-electron chi connectivity index (χ3n) is 3.34. The Morgan fingerprint density at radius 2 is 1.20 bits per heavy atom. The first-order valence-electron chi connectivity index (χ1n) is 7.65. The first-order chi connectivity index (χ1) is 11.8. The first-order valence-corrected chi connectivity index (χ1v) is 7.65. The van der Waals surface area contributed by atoms with Crippen molar-refractivity contribution in [2.45, 2.75) is 0 Å². The summed E-state index contributed by atoms with van der Waals surface area (Å²) in [6.45, 7) is 0. The van der Waals surface area contributed by atoms with Crippen molar-refractivity contribution in [1.82, 2.24) is 0 Å². The third-order valence-corrected chi connectivity index (χ3v) is 3.34. The average molecular weight is 341 g/mol. The average Bonchev–Trinajstić information content (AvgIpc) is 2.60. The van der Waals surface area contributed by atoms with Crippen molar-refractivity contribution in [2.24, 2.45) is 0 Å². The predicted molar refractivity (Wildman–Crippen MR) is 103 cm³/mol. The van der Waals surface area contributed by atoms with Gasteiger partial charge in [-0.15, -0.1) is 0 Å². The monoisotopic (exact) mass is 341 g/mol. The van der Waals surface area contributed by atoms with E-state index in [2.05, 4.69) is 0 Å². The van der Waals surface area contributed by atoms with Crippen molar-refractivity contribution < 1.29 is 9.72 Å². The highest BCUT2D eigenvalue weighted by atomic mass is 16.6. The van der Waals surface area contributed by atoms with Gasteiger partial charge >= 0.3 is 0 Å². The standard InChI is InChI=1S/C10H12N2O2.C9H11NO/c1-11(2)10-5-3-9(4-6-10)7-8-12(13)14;1-10(2)9-5-3-8(7-11)4-6-9/h3-8H,1-2H3;3-7H,1-2H3/b8-7+;. The summed E-state index contributed by atoms with van der Waals surface area (Å²) in [6.07, 6.45) is 3.25. The fourth-order valence-corrected chi connectivity index (χ4v) is 1.88. The van der Waals surface area contributed by atoms with E-state index >= 15 is 0 Å². The summed E-state index contributed by atoms with van der Waals surface area (Å²) in [4.78, 5) is 23.8. The molecular weight excluding hydrogens is 318 g/mol. The smallest absolute Gasteiger partial charge is 0.235 e. The molecule has 2 aromatic rings. The van der Waals surface area contributed by atoms with Crippen molar-refractivity contribution in [2.75, 3.05) is 38.0 Å². The number of benzene rings is 2. The highest BCUT2D eigenvalue weighted by Gasteiger charge is 1.95. The van der Waals surface area contributed by atoms with E-state index < -0.39 is 4.92 Å². The third kappa shape index (κ3) is 7.30. The molecule has 0 aliphatic rings. The Labute approximate surface area is 148 Å². The molecule has 0 atom stereocenters. The molecule has 132 valence electrons. The fraction of sp³-hybridized carbons (Fsp3) is 0.211. The summed E-state index contributed by atoms with van der Waals surface area (Å²) in [7, 11) is 7.83. The molecule has 0 N–H and O–H groups in total. The minimum atomic E-state index is -0.472. The summed E-state index contributed by atoms with van der Waals surface area (Å²) >= 11 is 0. The van der Waals surface area contributed by atoms with Crippen molar-refractivity contribution in [3.8, 4) is 0 Å². The summed E-state index contributed by atoms with van der Waals surface area (Å²) in [6, 6.07) is 15.0. The number of rotatable bonds is 5. The van der Waals surface area contributed by atoms with Crippen LogP contribution in [0, 0.1) is 10.1 Å². The lowest BCUT2D eigenvalue weighted by Gasteiger charge is -2.11. The Morgan fingerprint density at radius 1 is 0.800 bits per heavy atom. The molecule has 0 heterocycles. The highest BCUT2D eigenvalue weighted by Crippen LogP contribution is 2.13. The zero-order chi connectivity index (χ0) is 18.8. The molecule has 6 nitrogen and oxygen atoms in total. The maximum atomic E-state index is 10.3. The highest BCUT2D eigenvalue weighted by molar-refractivity contribution is 5.75. The molecular formula is C19H23N3O3. The number of hydrogen-bond acceptors (Lipinski definition) is 5. The van der Waals surface area contributed by atoms with Crippen molar-refractivity contribution in [3.63, 3.8) is 0 Å². The number of nitrogens with zero attached hydrogens (tertiary/aromatic N) is 3. The van der Waals surface area contributed by atoms with Crippen molar-refractivity contribution >= 4 is 23.7 Å². The minimum absolute atomic E-state index is 0.472. The second-order valence-electron chi connectivity index (χ2n) is 5.69. The molecule has 0 aliphatic heterocycles. The summed E-state index contributed by atoms with van der Waals surface area (Å²) in [5.41, 5.74) is 3.72. The molecule has 0 spiro atoms. The number of nitro groups is 1. The Hall–Kier alpha value is -3.15. The van der Waals surface area contributed by atoms with Gasteiger partial charge in [0.1, 0.15) is 6.29 Å². The van der Waals surface area contributed by atoms with Gasteiger partial charge in [-0.3, -0.25) is 14.9 Å². The van der Waals surface area contributed by atoms with E-state index in [4.69, 9.17) is 0 Å². The van der Waals surface area contributed by atoms with Gasteiger partial charge in [0.15, 0.2) is 0 Å². The number of carbonyl (C=O) groups is 1. The van der Waals surface area contributed by atoms with Crippen LogP contribution in [0.3, 0.4) is 0 Å².